The van der Waals surface area contributed by atoms with E-state index >= 15 is 0 Å². The summed E-state index contributed by atoms with van der Waals surface area (Å²) in [6, 6.07) is 3.63. The van der Waals surface area contributed by atoms with Crippen molar-refractivity contribution >= 4 is 17.4 Å². The summed E-state index contributed by atoms with van der Waals surface area (Å²) in [4.78, 5) is 15.5. The van der Waals surface area contributed by atoms with Crippen molar-refractivity contribution in [3.8, 4) is 0 Å². The second kappa shape index (κ2) is 5.82. The van der Waals surface area contributed by atoms with E-state index in [1.807, 2.05) is 9.80 Å². The molecule has 0 unspecified atom stereocenters. The lowest BCUT2D eigenvalue weighted by Crippen LogP contribution is -2.46. The van der Waals surface area contributed by atoms with Crippen molar-refractivity contribution in [1.82, 2.24) is 10.2 Å². The Balaban J connectivity index is 1.67. The average Bonchev–Trinajstić information content (AvgIpc) is 2.93. The third-order valence-corrected chi connectivity index (χ3v) is 4.49. The smallest absolute Gasteiger partial charge is 0.397 e. The van der Waals surface area contributed by atoms with Crippen LogP contribution >= 0.6 is 0 Å². The van der Waals surface area contributed by atoms with Gasteiger partial charge in [-0.1, -0.05) is 0 Å². The zero-order chi connectivity index (χ0) is 16.6. The summed E-state index contributed by atoms with van der Waals surface area (Å²) in [5.74, 6) is 0. The number of nitrogens with one attached hydrogen (secondary N) is 1. The molecular formula is C15H19F3N4O. The highest BCUT2D eigenvalue weighted by Gasteiger charge is 2.33. The number of rotatable bonds is 2. The van der Waals surface area contributed by atoms with Crippen LogP contribution < -0.4 is 16.0 Å². The lowest BCUT2D eigenvalue weighted by molar-refractivity contribution is -0.137. The maximum absolute atomic E-state index is 12.7. The Bertz CT molecular complexity index is 597. The molecule has 2 heterocycles. The Morgan fingerprint density at radius 1 is 1.17 bits per heavy atom. The van der Waals surface area contributed by atoms with E-state index in [-0.39, 0.29) is 17.8 Å². The zero-order valence-electron chi connectivity index (χ0n) is 12.6. The van der Waals surface area contributed by atoms with E-state index in [0.717, 1.165) is 25.0 Å². The molecule has 3 rings (SSSR count). The van der Waals surface area contributed by atoms with Gasteiger partial charge in [-0.25, -0.2) is 4.79 Å². The van der Waals surface area contributed by atoms with Gasteiger partial charge in [0.1, 0.15) is 0 Å². The zero-order valence-corrected chi connectivity index (χ0v) is 12.6. The Labute approximate surface area is 132 Å². The molecule has 3 N–H and O–H groups in total. The van der Waals surface area contributed by atoms with Gasteiger partial charge in [0.05, 0.1) is 16.9 Å². The SMILES string of the molecule is Nc1cc(C(F)(F)F)ccc1N1CCC(N2CCNC2=O)CC1. The van der Waals surface area contributed by atoms with E-state index in [2.05, 4.69) is 5.32 Å². The fourth-order valence-electron chi connectivity index (χ4n) is 3.27. The first-order valence-corrected chi connectivity index (χ1v) is 7.62. The highest BCUT2D eigenvalue weighted by molar-refractivity contribution is 5.76. The van der Waals surface area contributed by atoms with Crippen molar-refractivity contribution in [3.05, 3.63) is 23.8 Å². The Morgan fingerprint density at radius 2 is 1.87 bits per heavy atom. The minimum atomic E-state index is -4.39. The minimum Gasteiger partial charge on any atom is -0.397 e. The molecule has 2 aliphatic heterocycles. The summed E-state index contributed by atoms with van der Waals surface area (Å²) in [6.07, 6.45) is -2.81. The molecule has 2 fully saturated rings. The Hall–Kier alpha value is -2.12. The van der Waals surface area contributed by atoms with Gasteiger partial charge in [-0.05, 0) is 31.0 Å². The second-order valence-electron chi connectivity index (χ2n) is 5.91. The lowest BCUT2D eigenvalue weighted by Gasteiger charge is -2.37. The van der Waals surface area contributed by atoms with Crippen molar-refractivity contribution in [1.29, 1.82) is 0 Å². The fourth-order valence-corrected chi connectivity index (χ4v) is 3.27. The number of amides is 2. The number of urea groups is 1. The molecule has 126 valence electrons. The van der Waals surface area contributed by atoms with E-state index in [0.29, 0.717) is 31.9 Å². The molecule has 2 saturated heterocycles. The number of carbonyl (C=O) groups excluding carboxylic acids is 1. The number of nitrogen functional groups attached to an aromatic ring is 1. The number of anilines is 2. The van der Waals surface area contributed by atoms with Gasteiger partial charge < -0.3 is 20.9 Å². The summed E-state index contributed by atoms with van der Waals surface area (Å²) in [6.45, 7) is 2.73. The van der Waals surface area contributed by atoms with Crippen LogP contribution in [0.15, 0.2) is 18.2 Å². The highest BCUT2D eigenvalue weighted by Crippen LogP contribution is 2.35. The van der Waals surface area contributed by atoms with Crippen LogP contribution in [0.3, 0.4) is 0 Å². The number of nitrogens with zero attached hydrogens (tertiary/aromatic N) is 2. The van der Waals surface area contributed by atoms with Gasteiger partial charge in [-0.3, -0.25) is 0 Å². The van der Waals surface area contributed by atoms with Crippen LogP contribution in [0.1, 0.15) is 18.4 Å². The molecule has 0 atom stereocenters. The van der Waals surface area contributed by atoms with Crippen LogP contribution in [0.2, 0.25) is 0 Å². The first-order chi connectivity index (χ1) is 10.9. The third kappa shape index (κ3) is 3.16. The van der Waals surface area contributed by atoms with E-state index in [9.17, 15) is 18.0 Å². The molecule has 0 spiro atoms. The van der Waals surface area contributed by atoms with Crippen LogP contribution in [-0.4, -0.2) is 43.2 Å². The van der Waals surface area contributed by atoms with Crippen molar-refractivity contribution in [2.24, 2.45) is 0 Å². The van der Waals surface area contributed by atoms with Crippen molar-refractivity contribution in [2.45, 2.75) is 25.1 Å². The van der Waals surface area contributed by atoms with Gasteiger partial charge >= 0.3 is 12.2 Å². The third-order valence-electron chi connectivity index (χ3n) is 4.49. The molecule has 0 saturated carbocycles. The standard InChI is InChI=1S/C15H19F3N4O/c16-15(17,18)10-1-2-13(12(19)9-10)21-6-3-11(4-7-21)22-8-5-20-14(22)23/h1-2,9,11H,3-8,19H2,(H,20,23). The van der Waals surface area contributed by atoms with E-state index in [1.54, 1.807) is 0 Å². The largest absolute Gasteiger partial charge is 0.416 e. The number of piperidine rings is 1. The highest BCUT2D eigenvalue weighted by atomic mass is 19.4. The Morgan fingerprint density at radius 3 is 2.39 bits per heavy atom. The molecule has 1 aromatic rings. The van der Waals surface area contributed by atoms with Gasteiger partial charge in [0.15, 0.2) is 0 Å². The van der Waals surface area contributed by atoms with Crippen LogP contribution in [0.25, 0.3) is 0 Å². The second-order valence-corrected chi connectivity index (χ2v) is 5.91. The molecule has 1 aromatic carbocycles. The summed E-state index contributed by atoms with van der Waals surface area (Å²) < 4.78 is 38.1. The number of nitrogens with two attached hydrogens (primary N) is 1. The molecular weight excluding hydrogens is 309 g/mol. The van der Waals surface area contributed by atoms with Crippen LogP contribution in [-0.2, 0) is 6.18 Å². The molecule has 0 aliphatic carbocycles. The number of benzene rings is 1. The summed E-state index contributed by atoms with van der Waals surface area (Å²) >= 11 is 0. The number of hydrogen-bond donors (Lipinski definition) is 2. The number of alkyl halides is 3. The van der Waals surface area contributed by atoms with Crippen molar-refractivity contribution in [3.63, 3.8) is 0 Å². The maximum Gasteiger partial charge on any atom is 0.416 e. The first-order valence-electron chi connectivity index (χ1n) is 7.62. The molecule has 2 amide bonds. The van der Waals surface area contributed by atoms with Crippen molar-refractivity contribution in [2.75, 3.05) is 36.8 Å². The summed E-state index contributed by atoms with van der Waals surface area (Å²) in [7, 11) is 0. The van der Waals surface area contributed by atoms with Crippen molar-refractivity contribution < 1.29 is 18.0 Å². The molecule has 23 heavy (non-hydrogen) atoms. The van der Waals surface area contributed by atoms with Gasteiger partial charge in [0.2, 0.25) is 0 Å². The van der Waals surface area contributed by atoms with Gasteiger partial charge in [-0.15, -0.1) is 0 Å². The van der Waals surface area contributed by atoms with Gasteiger partial charge in [0, 0.05) is 32.2 Å². The minimum absolute atomic E-state index is 0.0301. The predicted octanol–water partition coefficient (Wildman–Crippen LogP) is 2.28. The summed E-state index contributed by atoms with van der Waals surface area (Å²) in [5, 5.41) is 2.79. The molecule has 0 aromatic heterocycles. The molecule has 0 radical (unpaired) electrons. The number of halogens is 3. The molecule has 2 aliphatic rings. The molecule has 0 bridgehead atoms. The van der Waals surface area contributed by atoms with Crippen LogP contribution in [0.5, 0.6) is 0 Å². The van der Waals surface area contributed by atoms with Crippen LogP contribution in [0.4, 0.5) is 29.3 Å². The topological polar surface area (TPSA) is 61.6 Å². The van der Waals surface area contributed by atoms with Gasteiger partial charge in [0.25, 0.3) is 0 Å². The van der Waals surface area contributed by atoms with E-state index in [1.165, 1.54) is 6.07 Å². The van der Waals surface area contributed by atoms with Gasteiger partial charge in [-0.2, -0.15) is 13.2 Å². The Kier molecular flexibility index (Phi) is 3.99. The predicted molar refractivity (Wildman–Crippen MR) is 81.2 cm³/mol. The monoisotopic (exact) mass is 328 g/mol. The van der Waals surface area contributed by atoms with Crippen LogP contribution in [0, 0.1) is 0 Å². The molecule has 8 heteroatoms. The normalized spacial score (nSPS) is 20.0. The lowest BCUT2D eigenvalue weighted by atomic mass is 10.0. The van der Waals surface area contributed by atoms with E-state index < -0.39 is 11.7 Å². The first kappa shape index (κ1) is 15.8. The fraction of sp³-hybridized carbons (Fsp3) is 0.533. The number of hydrogen-bond acceptors (Lipinski definition) is 3. The molecule has 5 nitrogen and oxygen atoms in total. The average molecular weight is 328 g/mol. The quantitative estimate of drug-likeness (QED) is 0.819. The maximum atomic E-state index is 12.7. The van der Waals surface area contributed by atoms with E-state index in [4.69, 9.17) is 5.73 Å². The summed E-state index contributed by atoms with van der Waals surface area (Å²) in [5.41, 5.74) is 5.84. The number of carbonyl (C=O) groups is 1.